The molecule has 2 rings (SSSR count). The number of carbonyl (C=O) groups is 2. The highest BCUT2D eigenvalue weighted by Gasteiger charge is 2.31. The largest absolute Gasteiger partial charge is 0.497 e. The number of anilines is 1. The van der Waals surface area contributed by atoms with Gasteiger partial charge in [0.25, 0.3) is 0 Å². The molecule has 1 atom stereocenters. The monoisotopic (exact) mass is 461 g/mol. The third-order valence-electron chi connectivity index (χ3n) is 4.97. The Bertz CT molecular complexity index is 994. The Labute approximate surface area is 190 Å². The van der Waals surface area contributed by atoms with E-state index < -0.39 is 28.5 Å². The number of nitrogens with zero attached hydrogens (tertiary/aromatic N) is 2. The first-order valence-electron chi connectivity index (χ1n) is 10.4. The maximum atomic E-state index is 13.4. The van der Waals surface area contributed by atoms with E-state index in [1.54, 1.807) is 56.5 Å². The predicted octanol–water partition coefficient (Wildman–Crippen LogP) is 2.40. The third kappa shape index (κ3) is 6.71. The summed E-state index contributed by atoms with van der Waals surface area (Å²) < 4.78 is 31.2. The van der Waals surface area contributed by atoms with Crippen LogP contribution in [0, 0.1) is 0 Å². The SMILES string of the molecule is CCNC(=O)[C@H](CC)N(Cc1ccc(OC)cc1)C(=O)CN(c1ccccc1)S(C)(=O)=O. The van der Waals surface area contributed by atoms with E-state index in [4.69, 9.17) is 4.74 Å². The average Bonchev–Trinajstić information content (AvgIpc) is 2.77. The lowest BCUT2D eigenvalue weighted by atomic mass is 10.1. The second-order valence-corrected chi connectivity index (χ2v) is 9.20. The molecule has 0 aliphatic rings. The van der Waals surface area contributed by atoms with Crippen LogP contribution >= 0.6 is 0 Å². The Morgan fingerprint density at radius 3 is 2.16 bits per heavy atom. The zero-order valence-electron chi connectivity index (χ0n) is 18.9. The molecule has 9 heteroatoms. The summed E-state index contributed by atoms with van der Waals surface area (Å²) in [6.07, 6.45) is 1.44. The second kappa shape index (κ2) is 11.5. The smallest absolute Gasteiger partial charge is 0.244 e. The van der Waals surface area contributed by atoms with Gasteiger partial charge in [-0.1, -0.05) is 37.3 Å². The van der Waals surface area contributed by atoms with Crippen molar-refractivity contribution in [2.75, 3.05) is 30.8 Å². The fourth-order valence-corrected chi connectivity index (χ4v) is 4.20. The topological polar surface area (TPSA) is 96.0 Å². The van der Waals surface area contributed by atoms with Crippen LogP contribution in [0.15, 0.2) is 54.6 Å². The molecular formula is C23H31N3O5S. The Balaban J connectivity index is 2.39. The molecule has 2 aromatic carbocycles. The van der Waals surface area contributed by atoms with Crippen molar-refractivity contribution in [2.45, 2.75) is 32.9 Å². The number of benzene rings is 2. The van der Waals surface area contributed by atoms with Gasteiger partial charge in [-0.15, -0.1) is 0 Å². The Morgan fingerprint density at radius 1 is 1.03 bits per heavy atom. The highest BCUT2D eigenvalue weighted by Crippen LogP contribution is 2.20. The minimum absolute atomic E-state index is 0.158. The lowest BCUT2D eigenvalue weighted by Crippen LogP contribution is -2.52. The van der Waals surface area contributed by atoms with Crippen LogP contribution in [0.3, 0.4) is 0 Å². The summed E-state index contributed by atoms with van der Waals surface area (Å²) in [5.74, 6) is -0.0644. The van der Waals surface area contributed by atoms with E-state index in [-0.39, 0.29) is 12.5 Å². The molecule has 0 saturated carbocycles. The molecule has 2 aromatic rings. The quantitative estimate of drug-likeness (QED) is 0.554. The fraction of sp³-hybridized carbons (Fsp3) is 0.391. The van der Waals surface area contributed by atoms with E-state index in [2.05, 4.69) is 5.32 Å². The van der Waals surface area contributed by atoms with Gasteiger partial charge in [0, 0.05) is 13.1 Å². The first-order chi connectivity index (χ1) is 15.2. The number of carbonyl (C=O) groups excluding carboxylic acids is 2. The number of sulfonamides is 1. The summed E-state index contributed by atoms with van der Waals surface area (Å²) in [6.45, 7) is 3.81. The maximum absolute atomic E-state index is 13.4. The van der Waals surface area contributed by atoms with Gasteiger partial charge >= 0.3 is 0 Å². The van der Waals surface area contributed by atoms with Crippen LogP contribution in [0.2, 0.25) is 0 Å². The number of amides is 2. The molecule has 0 aromatic heterocycles. The summed E-state index contributed by atoms with van der Waals surface area (Å²) in [7, 11) is -2.16. The normalized spacial score (nSPS) is 12.0. The molecule has 0 saturated heterocycles. The van der Waals surface area contributed by atoms with Crippen molar-refractivity contribution >= 4 is 27.5 Å². The van der Waals surface area contributed by atoms with Crippen LogP contribution < -0.4 is 14.4 Å². The second-order valence-electron chi connectivity index (χ2n) is 7.29. The van der Waals surface area contributed by atoms with Crippen molar-refractivity contribution in [1.29, 1.82) is 0 Å². The molecule has 0 aliphatic carbocycles. The lowest BCUT2D eigenvalue weighted by molar-refractivity contribution is -0.140. The predicted molar refractivity (Wildman–Crippen MR) is 125 cm³/mol. The highest BCUT2D eigenvalue weighted by molar-refractivity contribution is 7.92. The number of rotatable bonds is 11. The molecule has 0 unspecified atom stereocenters. The molecule has 174 valence electrons. The van der Waals surface area contributed by atoms with Gasteiger partial charge in [0.1, 0.15) is 18.3 Å². The van der Waals surface area contributed by atoms with E-state index in [1.807, 2.05) is 19.1 Å². The molecule has 0 fully saturated rings. The molecular weight excluding hydrogens is 430 g/mol. The molecule has 0 spiro atoms. The van der Waals surface area contributed by atoms with Crippen molar-refractivity contribution in [3.8, 4) is 5.75 Å². The van der Waals surface area contributed by atoms with Gasteiger partial charge in [-0.05, 0) is 43.2 Å². The van der Waals surface area contributed by atoms with Gasteiger partial charge in [0.15, 0.2) is 0 Å². The van der Waals surface area contributed by atoms with Crippen molar-refractivity contribution in [3.05, 3.63) is 60.2 Å². The molecule has 8 nitrogen and oxygen atoms in total. The summed E-state index contributed by atoms with van der Waals surface area (Å²) in [5, 5.41) is 2.77. The molecule has 0 heterocycles. The summed E-state index contributed by atoms with van der Waals surface area (Å²) in [5.41, 5.74) is 1.19. The zero-order chi connectivity index (χ0) is 23.7. The van der Waals surface area contributed by atoms with Crippen molar-refractivity contribution in [1.82, 2.24) is 10.2 Å². The van der Waals surface area contributed by atoms with Crippen molar-refractivity contribution in [3.63, 3.8) is 0 Å². The number of para-hydroxylation sites is 1. The van der Waals surface area contributed by atoms with E-state index in [0.29, 0.717) is 24.4 Å². The van der Waals surface area contributed by atoms with Gasteiger partial charge in [0.05, 0.1) is 19.1 Å². The van der Waals surface area contributed by atoms with E-state index in [9.17, 15) is 18.0 Å². The van der Waals surface area contributed by atoms with Gasteiger partial charge in [-0.2, -0.15) is 0 Å². The Morgan fingerprint density at radius 2 is 1.66 bits per heavy atom. The highest BCUT2D eigenvalue weighted by atomic mass is 32.2. The van der Waals surface area contributed by atoms with Gasteiger partial charge in [-0.25, -0.2) is 8.42 Å². The molecule has 1 N–H and O–H groups in total. The van der Waals surface area contributed by atoms with Crippen LogP contribution in [0.5, 0.6) is 5.75 Å². The first-order valence-corrected chi connectivity index (χ1v) is 12.3. The van der Waals surface area contributed by atoms with Crippen molar-refractivity contribution in [2.24, 2.45) is 0 Å². The van der Waals surface area contributed by atoms with E-state index in [0.717, 1.165) is 16.1 Å². The Kier molecular flexibility index (Phi) is 9.07. The van der Waals surface area contributed by atoms with E-state index in [1.165, 1.54) is 4.90 Å². The Hall–Kier alpha value is -3.07. The average molecular weight is 462 g/mol. The number of hydrogen-bond donors (Lipinski definition) is 1. The summed E-state index contributed by atoms with van der Waals surface area (Å²) in [4.78, 5) is 27.6. The number of likely N-dealkylation sites (N-methyl/N-ethyl adjacent to an activating group) is 1. The van der Waals surface area contributed by atoms with Gasteiger partial charge in [-0.3, -0.25) is 13.9 Å². The van der Waals surface area contributed by atoms with Crippen LogP contribution in [-0.4, -0.2) is 57.6 Å². The molecule has 32 heavy (non-hydrogen) atoms. The first kappa shape index (κ1) is 25.2. The minimum Gasteiger partial charge on any atom is -0.497 e. The molecule has 2 amide bonds. The summed E-state index contributed by atoms with van der Waals surface area (Å²) >= 11 is 0. The van der Waals surface area contributed by atoms with Crippen molar-refractivity contribution < 1.29 is 22.7 Å². The van der Waals surface area contributed by atoms with Gasteiger partial charge in [0.2, 0.25) is 21.8 Å². The number of ether oxygens (including phenoxy) is 1. The minimum atomic E-state index is -3.72. The van der Waals surface area contributed by atoms with E-state index >= 15 is 0 Å². The van der Waals surface area contributed by atoms with Crippen LogP contribution in [0.1, 0.15) is 25.8 Å². The third-order valence-corrected chi connectivity index (χ3v) is 6.11. The van der Waals surface area contributed by atoms with Crippen LogP contribution in [0.4, 0.5) is 5.69 Å². The van der Waals surface area contributed by atoms with Gasteiger partial charge < -0.3 is 15.0 Å². The zero-order valence-corrected chi connectivity index (χ0v) is 19.8. The lowest BCUT2D eigenvalue weighted by Gasteiger charge is -2.32. The molecule has 0 aliphatic heterocycles. The summed E-state index contributed by atoms with van der Waals surface area (Å²) in [6, 6.07) is 14.9. The number of methoxy groups -OCH3 is 1. The number of hydrogen-bond acceptors (Lipinski definition) is 5. The maximum Gasteiger partial charge on any atom is 0.244 e. The van der Waals surface area contributed by atoms with Crippen LogP contribution in [-0.2, 0) is 26.2 Å². The van der Waals surface area contributed by atoms with Crippen LogP contribution in [0.25, 0.3) is 0 Å². The molecule has 0 radical (unpaired) electrons. The number of nitrogens with one attached hydrogen (secondary N) is 1. The standard InChI is InChI=1S/C23H31N3O5S/c1-5-21(23(28)24-6-2)25(16-18-12-14-20(31-3)15-13-18)22(27)17-26(32(4,29)30)19-10-8-7-9-11-19/h7-15,21H,5-6,16-17H2,1-4H3,(H,24,28)/t21-/m0/s1. The molecule has 0 bridgehead atoms. The fourth-order valence-electron chi connectivity index (χ4n) is 3.35.